The van der Waals surface area contributed by atoms with Gasteiger partial charge < -0.3 is 4.57 Å². The SMILES string of the molecule is CCn1ccc(=O)n(Cc2cc(Cl)ccc2F)c1=O. The minimum atomic E-state index is -0.498. The number of benzene rings is 1. The second kappa shape index (κ2) is 5.40. The maximum Gasteiger partial charge on any atom is 0.331 e. The van der Waals surface area contributed by atoms with Gasteiger partial charge in [0, 0.05) is 29.4 Å². The van der Waals surface area contributed by atoms with E-state index in [0.29, 0.717) is 11.6 Å². The highest BCUT2D eigenvalue weighted by Gasteiger charge is 2.09. The van der Waals surface area contributed by atoms with E-state index in [1.165, 1.54) is 35.0 Å². The molecule has 0 saturated heterocycles. The van der Waals surface area contributed by atoms with Crippen molar-refractivity contribution in [3.63, 3.8) is 0 Å². The van der Waals surface area contributed by atoms with Crippen LogP contribution >= 0.6 is 11.6 Å². The van der Waals surface area contributed by atoms with E-state index < -0.39 is 17.1 Å². The number of aromatic nitrogens is 2. The molecule has 0 aliphatic rings. The zero-order valence-electron chi connectivity index (χ0n) is 10.3. The minimum Gasteiger partial charge on any atom is -0.301 e. The molecule has 0 N–H and O–H groups in total. The average molecular weight is 283 g/mol. The van der Waals surface area contributed by atoms with Crippen molar-refractivity contribution in [1.82, 2.24) is 9.13 Å². The second-order valence-corrected chi connectivity index (χ2v) is 4.48. The van der Waals surface area contributed by atoms with Crippen molar-refractivity contribution < 1.29 is 4.39 Å². The molecular formula is C13H12ClFN2O2. The zero-order valence-corrected chi connectivity index (χ0v) is 11.0. The van der Waals surface area contributed by atoms with Crippen LogP contribution in [0.15, 0.2) is 40.1 Å². The Morgan fingerprint density at radius 2 is 2.00 bits per heavy atom. The first kappa shape index (κ1) is 13.5. The third-order valence-corrected chi connectivity index (χ3v) is 3.05. The molecule has 19 heavy (non-hydrogen) atoms. The summed E-state index contributed by atoms with van der Waals surface area (Å²) in [5, 5.41) is 0.358. The van der Waals surface area contributed by atoms with Crippen molar-refractivity contribution in [2.75, 3.05) is 0 Å². The normalized spacial score (nSPS) is 10.7. The summed E-state index contributed by atoms with van der Waals surface area (Å²) in [5.41, 5.74) is -0.719. The Hall–Kier alpha value is -1.88. The van der Waals surface area contributed by atoms with E-state index in [0.717, 1.165) is 4.57 Å². The Morgan fingerprint density at radius 3 is 2.68 bits per heavy atom. The smallest absolute Gasteiger partial charge is 0.301 e. The standard InChI is InChI=1S/C13H12ClFN2O2/c1-2-16-6-5-12(18)17(13(16)19)8-9-7-10(14)3-4-11(9)15/h3-7H,2,8H2,1H3. The lowest BCUT2D eigenvalue weighted by atomic mass is 10.2. The van der Waals surface area contributed by atoms with Crippen LogP contribution in [0, 0.1) is 5.82 Å². The summed E-state index contributed by atoms with van der Waals surface area (Å²) in [7, 11) is 0. The highest BCUT2D eigenvalue weighted by molar-refractivity contribution is 6.30. The maximum absolute atomic E-state index is 13.6. The average Bonchev–Trinajstić information content (AvgIpc) is 2.38. The zero-order chi connectivity index (χ0) is 14.0. The molecule has 2 aromatic rings. The van der Waals surface area contributed by atoms with Crippen molar-refractivity contribution in [3.8, 4) is 0 Å². The van der Waals surface area contributed by atoms with Crippen molar-refractivity contribution in [2.45, 2.75) is 20.0 Å². The summed E-state index contributed by atoms with van der Waals surface area (Å²) in [6.07, 6.45) is 1.43. The molecule has 1 aromatic heterocycles. The van der Waals surface area contributed by atoms with Crippen LogP contribution in [-0.4, -0.2) is 9.13 Å². The predicted octanol–water partition coefficient (Wildman–Crippen LogP) is 1.87. The third kappa shape index (κ3) is 2.76. The summed E-state index contributed by atoms with van der Waals surface area (Å²) in [5.74, 6) is -0.498. The molecular weight excluding hydrogens is 271 g/mol. The molecule has 0 aliphatic heterocycles. The Labute approximate surface area is 113 Å². The molecule has 0 saturated carbocycles. The lowest BCUT2D eigenvalue weighted by molar-refractivity contribution is 0.566. The molecule has 0 atom stereocenters. The first-order valence-corrected chi connectivity index (χ1v) is 6.15. The molecule has 0 unspecified atom stereocenters. The number of hydrogen-bond acceptors (Lipinski definition) is 2. The quantitative estimate of drug-likeness (QED) is 0.863. The van der Waals surface area contributed by atoms with E-state index in [9.17, 15) is 14.0 Å². The van der Waals surface area contributed by atoms with Crippen LogP contribution in [0.5, 0.6) is 0 Å². The van der Waals surface area contributed by atoms with Gasteiger partial charge in [-0.3, -0.25) is 9.36 Å². The molecule has 0 fully saturated rings. The lowest BCUT2D eigenvalue weighted by Gasteiger charge is -2.09. The molecule has 0 bridgehead atoms. The van der Waals surface area contributed by atoms with Crippen molar-refractivity contribution in [3.05, 3.63) is 67.7 Å². The molecule has 0 aliphatic carbocycles. The molecule has 1 heterocycles. The van der Waals surface area contributed by atoms with Crippen LogP contribution in [0.4, 0.5) is 4.39 Å². The Balaban J connectivity index is 2.52. The van der Waals surface area contributed by atoms with E-state index >= 15 is 0 Å². The van der Waals surface area contributed by atoms with E-state index in [1.807, 2.05) is 0 Å². The number of halogens is 2. The predicted molar refractivity (Wildman–Crippen MR) is 71.1 cm³/mol. The number of hydrogen-bond donors (Lipinski definition) is 0. The van der Waals surface area contributed by atoms with Gasteiger partial charge in [-0.1, -0.05) is 11.6 Å². The Bertz CT molecular complexity index is 721. The van der Waals surface area contributed by atoms with Gasteiger partial charge in [0.2, 0.25) is 0 Å². The van der Waals surface area contributed by atoms with Crippen molar-refractivity contribution in [2.24, 2.45) is 0 Å². The van der Waals surface area contributed by atoms with Gasteiger partial charge in [-0.25, -0.2) is 9.18 Å². The van der Waals surface area contributed by atoms with E-state index in [-0.39, 0.29) is 12.1 Å². The van der Waals surface area contributed by atoms with E-state index in [1.54, 1.807) is 6.92 Å². The highest BCUT2D eigenvalue weighted by atomic mass is 35.5. The summed E-state index contributed by atoms with van der Waals surface area (Å²) < 4.78 is 16.0. The summed E-state index contributed by atoms with van der Waals surface area (Å²) in [6, 6.07) is 5.32. The summed E-state index contributed by atoms with van der Waals surface area (Å²) in [6.45, 7) is 2.10. The fourth-order valence-electron chi connectivity index (χ4n) is 1.78. The summed E-state index contributed by atoms with van der Waals surface area (Å²) in [4.78, 5) is 23.7. The van der Waals surface area contributed by atoms with Gasteiger partial charge in [0.25, 0.3) is 5.56 Å². The number of rotatable bonds is 3. The van der Waals surface area contributed by atoms with Crippen LogP contribution in [0.2, 0.25) is 5.02 Å². The van der Waals surface area contributed by atoms with Gasteiger partial charge >= 0.3 is 5.69 Å². The number of nitrogens with zero attached hydrogens (tertiary/aromatic N) is 2. The van der Waals surface area contributed by atoms with Crippen LogP contribution < -0.4 is 11.2 Å². The van der Waals surface area contributed by atoms with Gasteiger partial charge in [0.15, 0.2) is 0 Å². The molecule has 6 heteroatoms. The fourth-order valence-corrected chi connectivity index (χ4v) is 1.97. The molecule has 1 aromatic carbocycles. The Kier molecular flexibility index (Phi) is 3.85. The second-order valence-electron chi connectivity index (χ2n) is 4.04. The molecule has 0 amide bonds. The summed E-state index contributed by atoms with van der Waals surface area (Å²) >= 11 is 5.78. The molecule has 2 rings (SSSR count). The van der Waals surface area contributed by atoms with Gasteiger partial charge in [-0.05, 0) is 25.1 Å². The topological polar surface area (TPSA) is 44.0 Å². The van der Waals surface area contributed by atoms with Crippen LogP contribution in [0.25, 0.3) is 0 Å². The fraction of sp³-hybridized carbons (Fsp3) is 0.231. The third-order valence-electron chi connectivity index (χ3n) is 2.82. The van der Waals surface area contributed by atoms with Gasteiger partial charge in [-0.15, -0.1) is 0 Å². The van der Waals surface area contributed by atoms with Gasteiger partial charge in [-0.2, -0.15) is 0 Å². The minimum absolute atomic E-state index is 0.134. The van der Waals surface area contributed by atoms with Crippen molar-refractivity contribution >= 4 is 11.6 Å². The number of aryl methyl sites for hydroxylation is 1. The largest absolute Gasteiger partial charge is 0.331 e. The van der Waals surface area contributed by atoms with Crippen LogP contribution in [0.1, 0.15) is 12.5 Å². The van der Waals surface area contributed by atoms with Crippen LogP contribution in [0.3, 0.4) is 0 Å². The van der Waals surface area contributed by atoms with E-state index in [4.69, 9.17) is 11.6 Å². The lowest BCUT2D eigenvalue weighted by Crippen LogP contribution is -2.39. The molecule has 0 radical (unpaired) electrons. The van der Waals surface area contributed by atoms with E-state index in [2.05, 4.69) is 0 Å². The highest BCUT2D eigenvalue weighted by Crippen LogP contribution is 2.15. The molecule has 0 spiro atoms. The maximum atomic E-state index is 13.6. The monoisotopic (exact) mass is 282 g/mol. The first-order valence-electron chi connectivity index (χ1n) is 5.77. The first-order chi connectivity index (χ1) is 9.02. The molecule has 4 nitrogen and oxygen atoms in total. The molecule has 100 valence electrons. The van der Waals surface area contributed by atoms with Crippen molar-refractivity contribution in [1.29, 1.82) is 0 Å². The Morgan fingerprint density at radius 1 is 1.26 bits per heavy atom. The van der Waals surface area contributed by atoms with Crippen LogP contribution in [-0.2, 0) is 13.1 Å². The van der Waals surface area contributed by atoms with Gasteiger partial charge in [0.05, 0.1) is 6.54 Å². The van der Waals surface area contributed by atoms with Gasteiger partial charge in [0.1, 0.15) is 5.82 Å².